The second-order valence-corrected chi connectivity index (χ2v) is 6.93. The molecule has 1 fully saturated rings. The predicted octanol–water partition coefficient (Wildman–Crippen LogP) is 4.76. The van der Waals surface area contributed by atoms with Gasteiger partial charge in [0.15, 0.2) is 0 Å². The van der Waals surface area contributed by atoms with Crippen molar-refractivity contribution in [3.63, 3.8) is 0 Å². The predicted molar refractivity (Wildman–Crippen MR) is 77.5 cm³/mol. The Morgan fingerprint density at radius 2 is 1.67 bits per heavy atom. The monoisotopic (exact) mass is 248 g/mol. The van der Waals surface area contributed by atoms with Crippen molar-refractivity contribution >= 4 is 0 Å². The molecule has 0 atom stereocenters. The van der Waals surface area contributed by atoms with Crippen LogP contribution in [0.5, 0.6) is 0 Å². The van der Waals surface area contributed by atoms with Gasteiger partial charge in [0.25, 0.3) is 0 Å². The molecule has 0 radical (unpaired) electrons. The van der Waals surface area contributed by atoms with E-state index in [1.54, 1.807) is 0 Å². The molecule has 0 saturated heterocycles. The first-order chi connectivity index (χ1) is 8.43. The van der Waals surface area contributed by atoms with Crippen molar-refractivity contribution in [1.29, 1.82) is 0 Å². The van der Waals surface area contributed by atoms with Crippen LogP contribution in [-0.4, -0.2) is 10.7 Å². The average molecular weight is 248 g/mol. The van der Waals surface area contributed by atoms with E-state index in [-0.39, 0.29) is 5.41 Å². The minimum Gasteiger partial charge on any atom is -0.386 e. The maximum atomic E-state index is 10.5. The third-order valence-corrected chi connectivity index (χ3v) is 4.82. The summed E-state index contributed by atoms with van der Waals surface area (Å²) in [7, 11) is 0. The Morgan fingerprint density at radius 3 is 2.28 bits per heavy atom. The van der Waals surface area contributed by atoms with Gasteiger partial charge in [-0.1, -0.05) is 50.8 Å². The maximum absolute atomic E-state index is 10.5. The van der Waals surface area contributed by atoms with E-state index in [0.717, 1.165) is 12.8 Å². The molecular formula is C17H28O. The zero-order valence-electron chi connectivity index (χ0n) is 12.3. The zero-order valence-corrected chi connectivity index (χ0v) is 12.3. The first-order valence-corrected chi connectivity index (χ1v) is 7.55. The van der Waals surface area contributed by atoms with Gasteiger partial charge in [-0.2, -0.15) is 0 Å². The van der Waals surface area contributed by atoms with Crippen molar-refractivity contribution < 1.29 is 5.11 Å². The maximum Gasteiger partial charge on any atom is 0.0830 e. The first-order valence-electron chi connectivity index (χ1n) is 7.55. The number of hydrogen-bond donors (Lipinski definition) is 1. The van der Waals surface area contributed by atoms with Crippen molar-refractivity contribution in [2.24, 2.45) is 5.41 Å². The molecule has 0 aromatic carbocycles. The molecule has 1 nitrogen and oxygen atoms in total. The summed E-state index contributed by atoms with van der Waals surface area (Å²) in [5, 5.41) is 10.5. The van der Waals surface area contributed by atoms with E-state index in [1.165, 1.54) is 49.7 Å². The lowest BCUT2D eigenvalue weighted by molar-refractivity contribution is 0.0512. The minimum atomic E-state index is -0.529. The molecule has 1 N–H and O–H groups in total. The SMILES string of the molecule is CC1=C(/C=C/C2(O)CCCCC2)C(C)(C)CCC1. The molecule has 0 aromatic rings. The van der Waals surface area contributed by atoms with Crippen molar-refractivity contribution in [2.45, 2.75) is 77.7 Å². The fraction of sp³-hybridized carbons (Fsp3) is 0.765. The molecule has 2 aliphatic carbocycles. The molecule has 0 heterocycles. The molecular weight excluding hydrogens is 220 g/mol. The Hall–Kier alpha value is -0.560. The summed E-state index contributed by atoms with van der Waals surface area (Å²) in [4.78, 5) is 0. The Labute approximate surface area is 112 Å². The highest BCUT2D eigenvalue weighted by molar-refractivity contribution is 5.33. The van der Waals surface area contributed by atoms with Crippen LogP contribution in [-0.2, 0) is 0 Å². The number of rotatable bonds is 2. The lowest BCUT2D eigenvalue weighted by atomic mass is 9.72. The van der Waals surface area contributed by atoms with E-state index in [9.17, 15) is 5.11 Å². The molecule has 1 heteroatoms. The van der Waals surface area contributed by atoms with Crippen LogP contribution in [0.4, 0.5) is 0 Å². The van der Waals surface area contributed by atoms with Gasteiger partial charge in [0.05, 0.1) is 5.60 Å². The van der Waals surface area contributed by atoms with Gasteiger partial charge in [0, 0.05) is 0 Å². The van der Waals surface area contributed by atoms with E-state index in [0.29, 0.717) is 0 Å². The largest absolute Gasteiger partial charge is 0.386 e. The van der Waals surface area contributed by atoms with Crippen LogP contribution < -0.4 is 0 Å². The third-order valence-electron chi connectivity index (χ3n) is 4.82. The van der Waals surface area contributed by atoms with E-state index in [2.05, 4.69) is 32.9 Å². The fourth-order valence-corrected chi connectivity index (χ4v) is 3.58. The summed E-state index contributed by atoms with van der Waals surface area (Å²) >= 11 is 0. The Bertz CT molecular complexity index is 354. The van der Waals surface area contributed by atoms with E-state index >= 15 is 0 Å². The summed E-state index contributed by atoms with van der Waals surface area (Å²) in [6.07, 6.45) is 13.6. The summed E-state index contributed by atoms with van der Waals surface area (Å²) < 4.78 is 0. The molecule has 18 heavy (non-hydrogen) atoms. The van der Waals surface area contributed by atoms with Gasteiger partial charge >= 0.3 is 0 Å². The van der Waals surface area contributed by atoms with Crippen molar-refractivity contribution in [3.8, 4) is 0 Å². The van der Waals surface area contributed by atoms with Gasteiger partial charge in [0.2, 0.25) is 0 Å². The van der Waals surface area contributed by atoms with Crippen LogP contribution in [0.3, 0.4) is 0 Å². The standard InChI is InChI=1S/C17H28O/c1-14-8-7-10-16(2,3)15(14)9-13-17(18)11-5-4-6-12-17/h9,13,18H,4-8,10-12H2,1-3H3/b13-9+. The molecule has 0 aromatic heterocycles. The molecule has 102 valence electrons. The number of aliphatic hydroxyl groups is 1. The van der Waals surface area contributed by atoms with Crippen LogP contribution in [0, 0.1) is 5.41 Å². The highest BCUT2D eigenvalue weighted by Crippen LogP contribution is 2.41. The van der Waals surface area contributed by atoms with Gasteiger partial charge in [-0.05, 0) is 50.0 Å². The highest BCUT2D eigenvalue weighted by Gasteiger charge is 2.29. The average Bonchev–Trinajstić information content (AvgIpc) is 2.28. The van der Waals surface area contributed by atoms with Gasteiger partial charge < -0.3 is 5.11 Å². The lowest BCUT2D eigenvalue weighted by Crippen LogP contribution is -2.29. The number of hydrogen-bond acceptors (Lipinski definition) is 1. The smallest absolute Gasteiger partial charge is 0.0830 e. The molecule has 0 unspecified atom stereocenters. The topological polar surface area (TPSA) is 20.2 Å². The van der Waals surface area contributed by atoms with Crippen molar-refractivity contribution in [1.82, 2.24) is 0 Å². The van der Waals surface area contributed by atoms with Crippen LogP contribution in [0.1, 0.15) is 72.1 Å². The molecule has 2 rings (SSSR count). The van der Waals surface area contributed by atoms with Crippen LogP contribution in [0.25, 0.3) is 0 Å². The van der Waals surface area contributed by atoms with Crippen molar-refractivity contribution in [2.75, 3.05) is 0 Å². The highest BCUT2D eigenvalue weighted by atomic mass is 16.3. The molecule has 0 spiro atoms. The van der Waals surface area contributed by atoms with Crippen LogP contribution in [0.2, 0.25) is 0 Å². The lowest BCUT2D eigenvalue weighted by Gasteiger charge is -2.34. The summed E-state index contributed by atoms with van der Waals surface area (Å²) in [6.45, 7) is 6.92. The normalized spacial score (nSPS) is 27.8. The molecule has 0 amide bonds. The quantitative estimate of drug-likeness (QED) is 0.746. The Morgan fingerprint density at radius 1 is 1.00 bits per heavy atom. The van der Waals surface area contributed by atoms with E-state index in [4.69, 9.17) is 0 Å². The second-order valence-electron chi connectivity index (χ2n) is 6.93. The summed E-state index contributed by atoms with van der Waals surface area (Å²) in [5.74, 6) is 0. The summed E-state index contributed by atoms with van der Waals surface area (Å²) in [5.41, 5.74) is 2.73. The first kappa shape index (κ1) is 13.9. The van der Waals surface area contributed by atoms with Crippen LogP contribution in [0.15, 0.2) is 23.3 Å². The minimum absolute atomic E-state index is 0.282. The summed E-state index contributed by atoms with van der Waals surface area (Å²) in [6, 6.07) is 0. The van der Waals surface area contributed by atoms with Gasteiger partial charge in [-0.3, -0.25) is 0 Å². The van der Waals surface area contributed by atoms with Crippen LogP contribution >= 0.6 is 0 Å². The van der Waals surface area contributed by atoms with Crippen molar-refractivity contribution in [3.05, 3.63) is 23.3 Å². The molecule has 0 aliphatic heterocycles. The Kier molecular flexibility index (Phi) is 4.01. The molecule has 0 bridgehead atoms. The molecule has 1 saturated carbocycles. The zero-order chi connectivity index (χ0) is 13.2. The van der Waals surface area contributed by atoms with E-state index < -0.39 is 5.60 Å². The Balaban J connectivity index is 2.16. The molecule has 2 aliphatic rings. The number of allylic oxidation sites excluding steroid dienone is 3. The van der Waals surface area contributed by atoms with E-state index in [1.807, 2.05) is 0 Å². The van der Waals surface area contributed by atoms with Gasteiger partial charge in [0.1, 0.15) is 0 Å². The van der Waals surface area contributed by atoms with Gasteiger partial charge in [-0.25, -0.2) is 0 Å². The van der Waals surface area contributed by atoms with Gasteiger partial charge in [-0.15, -0.1) is 0 Å². The third kappa shape index (κ3) is 3.06. The fourth-order valence-electron chi connectivity index (χ4n) is 3.58. The second kappa shape index (κ2) is 5.21.